The highest BCUT2D eigenvalue weighted by Gasteiger charge is 2.12. The minimum absolute atomic E-state index is 0.115. The Kier molecular flexibility index (Phi) is 4.49. The van der Waals surface area contributed by atoms with Crippen molar-refractivity contribution >= 4 is 11.7 Å². The number of nitrogens with zero attached hydrogens (tertiary/aromatic N) is 5. The van der Waals surface area contributed by atoms with Crippen molar-refractivity contribution in [3.63, 3.8) is 0 Å². The molecule has 0 saturated heterocycles. The fraction of sp³-hybridized carbons (Fsp3) is 0.100. The van der Waals surface area contributed by atoms with Gasteiger partial charge in [0.15, 0.2) is 0 Å². The number of aromatic nitrogens is 5. The number of anilines is 1. The third-order valence-electron chi connectivity index (χ3n) is 4.02. The number of hydrogen-bond acceptors (Lipinski definition) is 4. The van der Waals surface area contributed by atoms with E-state index < -0.39 is 0 Å². The van der Waals surface area contributed by atoms with Crippen LogP contribution in [-0.4, -0.2) is 30.5 Å². The summed E-state index contributed by atoms with van der Waals surface area (Å²) in [7, 11) is 0. The van der Waals surface area contributed by atoms with Gasteiger partial charge < -0.3 is 5.32 Å². The van der Waals surface area contributed by atoms with E-state index in [0.29, 0.717) is 5.82 Å². The van der Waals surface area contributed by atoms with Crippen LogP contribution in [0, 0.1) is 6.92 Å². The van der Waals surface area contributed by atoms with E-state index in [4.69, 9.17) is 0 Å². The largest absolute Gasteiger partial charge is 0.309 e. The van der Waals surface area contributed by atoms with Gasteiger partial charge in [-0.2, -0.15) is 10.2 Å². The van der Waals surface area contributed by atoms with Crippen molar-refractivity contribution in [2.75, 3.05) is 5.32 Å². The third-order valence-corrected chi connectivity index (χ3v) is 4.02. The Morgan fingerprint density at radius 2 is 1.81 bits per heavy atom. The number of carbonyl (C=O) groups excluding carboxylic acids is 1. The van der Waals surface area contributed by atoms with Gasteiger partial charge in [-0.1, -0.05) is 18.2 Å². The smallest absolute Gasteiger partial charge is 0.247 e. The zero-order valence-corrected chi connectivity index (χ0v) is 14.8. The summed E-state index contributed by atoms with van der Waals surface area (Å²) in [5, 5.41) is 11.8. The molecule has 0 atom stereocenters. The first kappa shape index (κ1) is 16.7. The average molecular weight is 358 g/mol. The quantitative estimate of drug-likeness (QED) is 0.595. The van der Waals surface area contributed by atoms with Crippen LogP contribution in [0.25, 0.3) is 16.9 Å². The molecule has 4 rings (SSSR count). The molecular weight excluding hydrogens is 340 g/mol. The van der Waals surface area contributed by atoms with Crippen molar-refractivity contribution < 1.29 is 4.79 Å². The number of pyridine rings is 1. The van der Waals surface area contributed by atoms with E-state index in [-0.39, 0.29) is 12.5 Å². The van der Waals surface area contributed by atoms with Crippen LogP contribution in [0.2, 0.25) is 0 Å². The molecule has 0 aliphatic heterocycles. The van der Waals surface area contributed by atoms with Crippen LogP contribution in [0.15, 0.2) is 73.2 Å². The van der Waals surface area contributed by atoms with Crippen LogP contribution in [0.5, 0.6) is 0 Å². The van der Waals surface area contributed by atoms with Gasteiger partial charge in [-0.05, 0) is 37.3 Å². The van der Waals surface area contributed by atoms with Crippen molar-refractivity contribution in [1.82, 2.24) is 24.5 Å². The average Bonchev–Trinajstić information content (AvgIpc) is 3.29. The molecule has 0 aliphatic carbocycles. The Hall–Kier alpha value is -3.74. The summed E-state index contributed by atoms with van der Waals surface area (Å²) in [6.45, 7) is 2.01. The predicted molar refractivity (Wildman–Crippen MR) is 102 cm³/mol. The van der Waals surface area contributed by atoms with Crippen LogP contribution < -0.4 is 5.32 Å². The lowest BCUT2D eigenvalue weighted by atomic mass is 10.2. The molecule has 0 spiro atoms. The molecule has 1 amide bonds. The maximum atomic E-state index is 12.5. The molecule has 27 heavy (non-hydrogen) atoms. The fourth-order valence-corrected chi connectivity index (χ4v) is 2.81. The molecule has 0 radical (unpaired) electrons. The summed E-state index contributed by atoms with van der Waals surface area (Å²) >= 11 is 0. The van der Waals surface area contributed by atoms with Crippen LogP contribution in [0.1, 0.15) is 5.69 Å². The van der Waals surface area contributed by atoms with Crippen molar-refractivity contribution in [1.29, 1.82) is 0 Å². The number of hydrogen-bond donors (Lipinski definition) is 1. The van der Waals surface area contributed by atoms with E-state index >= 15 is 0 Å². The van der Waals surface area contributed by atoms with E-state index in [0.717, 1.165) is 22.6 Å². The van der Waals surface area contributed by atoms with E-state index in [1.54, 1.807) is 28.0 Å². The van der Waals surface area contributed by atoms with Crippen LogP contribution in [0.4, 0.5) is 5.82 Å². The Morgan fingerprint density at radius 3 is 2.59 bits per heavy atom. The lowest BCUT2D eigenvalue weighted by molar-refractivity contribution is -0.116. The highest BCUT2D eigenvalue weighted by molar-refractivity contribution is 5.90. The monoisotopic (exact) mass is 358 g/mol. The van der Waals surface area contributed by atoms with Gasteiger partial charge in [-0.3, -0.25) is 14.5 Å². The lowest BCUT2D eigenvalue weighted by Crippen LogP contribution is -2.20. The summed E-state index contributed by atoms with van der Waals surface area (Å²) in [4.78, 5) is 16.5. The van der Waals surface area contributed by atoms with Gasteiger partial charge in [0.2, 0.25) is 5.91 Å². The van der Waals surface area contributed by atoms with E-state index in [1.165, 1.54) is 0 Å². The maximum Gasteiger partial charge on any atom is 0.247 e. The predicted octanol–water partition coefficient (Wildman–Crippen LogP) is 3.08. The number of rotatable bonds is 5. The van der Waals surface area contributed by atoms with Gasteiger partial charge in [0.25, 0.3) is 0 Å². The Bertz CT molecular complexity index is 1050. The molecule has 7 nitrogen and oxygen atoms in total. The summed E-state index contributed by atoms with van der Waals surface area (Å²) in [6.07, 6.45) is 5.22. The van der Waals surface area contributed by atoms with E-state index in [1.807, 2.05) is 61.5 Å². The molecule has 4 aromatic rings. The SMILES string of the molecule is Cc1cc(NC(=O)Cn2ccc(-c3ccncc3)n2)n(-c2ccccc2)n1. The summed E-state index contributed by atoms with van der Waals surface area (Å²) in [5.74, 6) is 0.460. The third kappa shape index (κ3) is 3.77. The summed E-state index contributed by atoms with van der Waals surface area (Å²) in [5.41, 5.74) is 3.48. The van der Waals surface area contributed by atoms with Gasteiger partial charge in [0.05, 0.1) is 17.1 Å². The van der Waals surface area contributed by atoms with Gasteiger partial charge in [-0.25, -0.2) is 4.68 Å². The summed E-state index contributed by atoms with van der Waals surface area (Å²) in [6, 6.07) is 17.2. The molecule has 7 heteroatoms. The Balaban J connectivity index is 1.49. The zero-order chi connectivity index (χ0) is 18.6. The lowest BCUT2D eigenvalue weighted by Gasteiger charge is -2.09. The number of para-hydroxylation sites is 1. The molecule has 0 unspecified atom stereocenters. The maximum absolute atomic E-state index is 12.5. The molecule has 0 aliphatic rings. The second kappa shape index (κ2) is 7.25. The molecule has 3 aromatic heterocycles. The minimum Gasteiger partial charge on any atom is -0.309 e. The molecule has 1 aromatic carbocycles. The Morgan fingerprint density at radius 1 is 1.04 bits per heavy atom. The number of nitrogens with one attached hydrogen (secondary N) is 1. The number of benzene rings is 1. The molecule has 134 valence electrons. The highest BCUT2D eigenvalue weighted by Crippen LogP contribution is 2.18. The van der Waals surface area contributed by atoms with Crippen molar-refractivity contribution in [2.24, 2.45) is 0 Å². The molecule has 0 fully saturated rings. The zero-order valence-electron chi connectivity index (χ0n) is 14.8. The van der Waals surface area contributed by atoms with Gasteiger partial charge in [-0.15, -0.1) is 0 Å². The standard InChI is InChI=1S/C20H18N6O/c1-15-13-19(26(23-15)17-5-3-2-4-6-17)22-20(27)14-25-12-9-18(24-25)16-7-10-21-11-8-16/h2-13H,14H2,1H3,(H,22,27). The van der Waals surface area contributed by atoms with Crippen molar-refractivity contribution in [2.45, 2.75) is 13.5 Å². The van der Waals surface area contributed by atoms with Crippen LogP contribution in [-0.2, 0) is 11.3 Å². The molecular formula is C20H18N6O. The number of carbonyl (C=O) groups is 1. The second-order valence-electron chi connectivity index (χ2n) is 6.10. The minimum atomic E-state index is -0.170. The van der Waals surface area contributed by atoms with E-state index in [2.05, 4.69) is 20.5 Å². The normalized spacial score (nSPS) is 10.7. The molecule has 3 heterocycles. The topological polar surface area (TPSA) is 77.6 Å². The highest BCUT2D eigenvalue weighted by atomic mass is 16.2. The first-order valence-corrected chi connectivity index (χ1v) is 8.55. The Labute approximate surface area is 156 Å². The van der Waals surface area contributed by atoms with Gasteiger partial charge >= 0.3 is 0 Å². The molecule has 0 bridgehead atoms. The molecule has 1 N–H and O–H groups in total. The van der Waals surface area contributed by atoms with Gasteiger partial charge in [0.1, 0.15) is 12.4 Å². The van der Waals surface area contributed by atoms with Crippen molar-refractivity contribution in [3.8, 4) is 16.9 Å². The number of aryl methyl sites for hydroxylation is 1. The van der Waals surface area contributed by atoms with Gasteiger partial charge in [0, 0.05) is 30.2 Å². The molecule has 0 saturated carbocycles. The number of amides is 1. The summed E-state index contributed by atoms with van der Waals surface area (Å²) < 4.78 is 3.33. The first-order valence-electron chi connectivity index (χ1n) is 8.55. The second-order valence-corrected chi connectivity index (χ2v) is 6.10. The van der Waals surface area contributed by atoms with Crippen LogP contribution in [0.3, 0.4) is 0 Å². The van der Waals surface area contributed by atoms with E-state index in [9.17, 15) is 4.79 Å². The van der Waals surface area contributed by atoms with Crippen LogP contribution >= 0.6 is 0 Å². The fourth-order valence-electron chi connectivity index (χ4n) is 2.81. The van der Waals surface area contributed by atoms with Crippen molar-refractivity contribution in [3.05, 3.63) is 78.9 Å². The first-order chi connectivity index (χ1) is 13.2.